The zero-order chi connectivity index (χ0) is 17.2. The van der Waals surface area contributed by atoms with Crippen molar-refractivity contribution in [1.82, 2.24) is 0 Å². The molecule has 0 heterocycles. The fourth-order valence-corrected chi connectivity index (χ4v) is 6.12. The molecule has 3 fully saturated rings. The molecule has 0 aromatic heterocycles. The molecule has 130 valence electrons. The Bertz CT molecular complexity index is 654. The fraction of sp³-hybridized carbons (Fsp3) is 0.650. The molecule has 4 rings (SSSR count). The molecule has 1 N–H and O–H groups in total. The molecule has 0 radical (unpaired) electrons. The summed E-state index contributed by atoms with van der Waals surface area (Å²) in [7, 11) is 0. The number of nitrogens with one attached hydrogen (secondary N) is 1. The number of anilines is 1. The van der Waals surface area contributed by atoms with Crippen LogP contribution >= 0.6 is 23.2 Å². The average molecular weight is 366 g/mol. The Balaban J connectivity index is 1.43. The lowest BCUT2D eigenvalue weighted by atomic mass is 10.0. The van der Waals surface area contributed by atoms with Gasteiger partial charge in [-0.05, 0) is 81.3 Å². The predicted molar refractivity (Wildman–Crippen MR) is 99.6 cm³/mol. The minimum atomic E-state index is -0.481. The molecule has 4 heteroatoms. The molecular formula is C20H25Cl2NO. The summed E-state index contributed by atoms with van der Waals surface area (Å²) < 4.78 is -0.481. The zero-order valence-corrected chi connectivity index (χ0v) is 16.0. The van der Waals surface area contributed by atoms with Gasteiger partial charge in [-0.2, -0.15) is 0 Å². The van der Waals surface area contributed by atoms with E-state index in [0.29, 0.717) is 23.7 Å². The molecular weight excluding hydrogens is 341 g/mol. The van der Waals surface area contributed by atoms with Gasteiger partial charge in [0.15, 0.2) is 0 Å². The van der Waals surface area contributed by atoms with E-state index in [1.807, 2.05) is 0 Å². The lowest BCUT2D eigenvalue weighted by Crippen LogP contribution is -2.17. The Morgan fingerprint density at radius 1 is 1.00 bits per heavy atom. The summed E-state index contributed by atoms with van der Waals surface area (Å²) in [4.78, 5) is 12.8. The lowest BCUT2D eigenvalue weighted by molar-refractivity contribution is -0.117. The van der Waals surface area contributed by atoms with Crippen molar-refractivity contribution in [2.75, 3.05) is 5.32 Å². The third kappa shape index (κ3) is 2.66. The van der Waals surface area contributed by atoms with Gasteiger partial charge in [-0.25, -0.2) is 0 Å². The molecule has 2 nitrogen and oxygen atoms in total. The highest BCUT2D eigenvalue weighted by atomic mass is 35.5. The van der Waals surface area contributed by atoms with Gasteiger partial charge in [-0.1, -0.05) is 17.7 Å². The van der Waals surface area contributed by atoms with E-state index in [1.165, 1.54) is 5.56 Å². The van der Waals surface area contributed by atoms with E-state index in [-0.39, 0.29) is 11.8 Å². The van der Waals surface area contributed by atoms with Crippen molar-refractivity contribution in [2.45, 2.75) is 50.8 Å². The highest BCUT2D eigenvalue weighted by Crippen LogP contribution is 2.67. The Kier molecular flexibility index (Phi) is 3.93. The minimum absolute atomic E-state index is 0.183. The Morgan fingerprint density at radius 2 is 1.50 bits per heavy atom. The second-order valence-corrected chi connectivity index (χ2v) is 9.60. The SMILES string of the molecule is Cc1cc(C)c(NC(=O)C2C3CCC4C(CCC32)C4(Cl)Cl)c(C)c1. The first-order chi connectivity index (χ1) is 11.3. The number of carbonyl (C=O) groups excluding carboxylic acids is 1. The van der Waals surface area contributed by atoms with Crippen LogP contribution in [0.2, 0.25) is 0 Å². The van der Waals surface area contributed by atoms with Crippen molar-refractivity contribution >= 4 is 34.8 Å². The number of carbonyl (C=O) groups is 1. The number of hydrogen-bond acceptors (Lipinski definition) is 1. The third-order valence-electron chi connectivity index (χ3n) is 6.55. The van der Waals surface area contributed by atoms with E-state index in [4.69, 9.17) is 23.2 Å². The predicted octanol–water partition coefficient (Wildman–Crippen LogP) is 5.41. The molecule has 24 heavy (non-hydrogen) atoms. The van der Waals surface area contributed by atoms with Crippen LogP contribution < -0.4 is 5.32 Å². The van der Waals surface area contributed by atoms with Gasteiger partial charge < -0.3 is 5.32 Å². The molecule has 1 aromatic carbocycles. The van der Waals surface area contributed by atoms with Gasteiger partial charge in [-0.3, -0.25) is 4.79 Å². The normalized spacial score (nSPS) is 36.0. The van der Waals surface area contributed by atoms with Crippen molar-refractivity contribution in [3.63, 3.8) is 0 Å². The molecule has 4 atom stereocenters. The smallest absolute Gasteiger partial charge is 0.228 e. The molecule has 3 saturated carbocycles. The maximum atomic E-state index is 12.8. The number of amides is 1. The van der Waals surface area contributed by atoms with Crippen LogP contribution in [-0.4, -0.2) is 10.2 Å². The molecule has 4 unspecified atom stereocenters. The quantitative estimate of drug-likeness (QED) is 0.697. The summed E-state index contributed by atoms with van der Waals surface area (Å²) >= 11 is 12.7. The number of hydrogen-bond donors (Lipinski definition) is 1. The fourth-order valence-electron chi connectivity index (χ4n) is 5.20. The maximum absolute atomic E-state index is 12.8. The van der Waals surface area contributed by atoms with Crippen molar-refractivity contribution in [3.05, 3.63) is 28.8 Å². The maximum Gasteiger partial charge on any atom is 0.228 e. The highest BCUT2D eigenvalue weighted by Gasteiger charge is 2.65. The molecule has 1 amide bonds. The summed E-state index contributed by atoms with van der Waals surface area (Å²) in [5.74, 6) is 2.35. The topological polar surface area (TPSA) is 29.1 Å². The molecule has 1 aromatic rings. The third-order valence-corrected chi connectivity index (χ3v) is 7.67. The van der Waals surface area contributed by atoms with Gasteiger partial charge in [0.2, 0.25) is 5.91 Å². The second kappa shape index (κ2) is 5.64. The van der Waals surface area contributed by atoms with Crippen LogP contribution in [0, 0.1) is 50.4 Å². The van der Waals surface area contributed by atoms with E-state index in [2.05, 4.69) is 38.2 Å². The van der Waals surface area contributed by atoms with Crippen molar-refractivity contribution in [1.29, 1.82) is 0 Å². The van der Waals surface area contributed by atoms with E-state index >= 15 is 0 Å². The standard InChI is InChI=1S/C20H25Cl2NO/c1-10-8-11(2)18(12(3)9-10)23-19(24)17-13-4-6-15-16(20(15,21)22)7-5-14(13)17/h8-9,13-17H,4-7H2,1-3H3,(H,23,24). The minimum Gasteiger partial charge on any atom is -0.325 e. The van der Waals surface area contributed by atoms with Crippen molar-refractivity contribution in [3.8, 4) is 0 Å². The monoisotopic (exact) mass is 365 g/mol. The highest BCUT2D eigenvalue weighted by molar-refractivity contribution is 6.51. The van der Waals surface area contributed by atoms with E-state index in [1.54, 1.807) is 0 Å². The van der Waals surface area contributed by atoms with Crippen LogP contribution in [-0.2, 0) is 4.79 Å². The van der Waals surface area contributed by atoms with Gasteiger partial charge in [0.1, 0.15) is 4.33 Å². The number of fused-ring (bicyclic) bond motifs is 2. The first-order valence-corrected chi connectivity index (χ1v) is 9.83. The van der Waals surface area contributed by atoms with Gasteiger partial charge in [0.25, 0.3) is 0 Å². The average Bonchev–Trinajstić information content (AvgIpc) is 3.27. The molecule has 0 spiro atoms. The number of alkyl halides is 2. The van der Waals surface area contributed by atoms with Crippen molar-refractivity contribution in [2.24, 2.45) is 29.6 Å². The lowest BCUT2D eigenvalue weighted by Gasteiger charge is -2.13. The van der Waals surface area contributed by atoms with E-state index in [9.17, 15) is 4.79 Å². The van der Waals surface area contributed by atoms with E-state index in [0.717, 1.165) is 42.5 Å². The summed E-state index contributed by atoms with van der Waals surface area (Å²) in [5.41, 5.74) is 4.53. The van der Waals surface area contributed by atoms with Gasteiger partial charge in [0, 0.05) is 11.6 Å². The van der Waals surface area contributed by atoms with Crippen LogP contribution in [0.5, 0.6) is 0 Å². The number of benzene rings is 1. The molecule has 0 bridgehead atoms. The van der Waals surface area contributed by atoms with Crippen LogP contribution in [0.1, 0.15) is 42.4 Å². The van der Waals surface area contributed by atoms with Crippen LogP contribution in [0.3, 0.4) is 0 Å². The Labute approximate surface area is 154 Å². The summed E-state index contributed by atoms with van der Waals surface area (Å²) in [6, 6.07) is 4.26. The Hall–Kier alpha value is -0.730. The summed E-state index contributed by atoms with van der Waals surface area (Å²) in [6.07, 6.45) is 4.34. The number of halogens is 2. The van der Waals surface area contributed by atoms with Crippen molar-refractivity contribution < 1.29 is 4.79 Å². The molecule has 3 aliphatic carbocycles. The largest absolute Gasteiger partial charge is 0.325 e. The first kappa shape index (κ1) is 16.7. The van der Waals surface area contributed by atoms with Gasteiger partial charge >= 0.3 is 0 Å². The van der Waals surface area contributed by atoms with E-state index < -0.39 is 4.33 Å². The first-order valence-electron chi connectivity index (χ1n) is 9.07. The molecule has 0 saturated heterocycles. The Morgan fingerprint density at radius 3 is 2.00 bits per heavy atom. The summed E-state index contributed by atoms with van der Waals surface area (Å²) in [5, 5.41) is 3.21. The van der Waals surface area contributed by atoms with Gasteiger partial charge in [0.05, 0.1) is 0 Å². The number of aryl methyl sites for hydroxylation is 3. The summed E-state index contributed by atoms with van der Waals surface area (Å²) in [6.45, 7) is 6.23. The van der Waals surface area contributed by atoms with Crippen LogP contribution in [0.15, 0.2) is 12.1 Å². The molecule has 0 aliphatic heterocycles. The van der Waals surface area contributed by atoms with Gasteiger partial charge in [-0.15, -0.1) is 23.2 Å². The van der Waals surface area contributed by atoms with Crippen LogP contribution in [0.4, 0.5) is 5.69 Å². The van der Waals surface area contributed by atoms with Crippen LogP contribution in [0.25, 0.3) is 0 Å². The zero-order valence-electron chi connectivity index (χ0n) is 14.5. The molecule has 3 aliphatic rings. The number of rotatable bonds is 2. The second-order valence-electron chi connectivity index (χ2n) is 8.16.